The molecule has 100 valence electrons. The van der Waals surface area contributed by atoms with Crippen molar-refractivity contribution < 1.29 is 0 Å². The summed E-state index contributed by atoms with van der Waals surface area (Å²) in [7, 11) is 4.27. The van der Waals surface area contributed by atoms with Gasteiger partial charge in [0.15, 0.2) is 0 Å². The van der Waals surface area contributed by atoms with Gasteiger partial charge in [0.1, 0.15) is 0 Å². The first-order valence-corrected chi connectivity index (χ1v) is 6.83. The Hall–Kier alpha value is -0.770. The van der Waals surface area contributed by atoms with Crippen molar-refractivity contribution in [3.8, 4) is 0 Å². The van der Waals surface area contributed by atoms with E-state index in [1.165, 1.54) is 6.42 Å². The molecule has 1 heterocycles. The van der Waals surface area contributed by atoms with Gasteiger partial charge >= 0.3 is 0 Å². The predicted molar refractivity (Wildman–Crippen MR) is 78.4 cm³/mol. The molecule has 3 nitrogen and oxygen atoms in total. The fourth-order valence-corrected chi connectivity index (χ4v) is 2.75. The molecule has 2 atom stereocenters. The molecule has 1 fully saturated rings. The highest BCUT2D eigenvalue weighted by Crippen LogP contribution is 2.31. The van der Waals surface area contributed by atoms with Crippen molar-refractivity contribution in [2.75, 3.05) is 32.1 Å². The Bertz CT molecular complexity index is 418. The molecule has 1 aromatic carbocycles. The van der Waals surface area contributed by atoms with E-state index in [1.807, 2.05) is 13.0 Å². The average molecular weight is 268 g/mol. The molecule has 1 aliphatic heterocycles. The van der Waals surface area contributed by atoms with E-state index in [-0.39, 0.29) is 6.04 Å². The number of halogens is 1. The number of benzene rings is 1. The number of anilines is 1. The number of nitrogens with two attached hydrogens (primary N) is 1. The van der Waals surface area contributed by atoms with Crippen molar-refractivity contribution in [1.29, 1.82) is 0 Å². The maximum atomic E-state index is 6.37. The molecule has 4 heteroatoms. The summed E-state index contributed by atoms with van der Waals surface area (Å²) in [4.78, 5) is 4.64. The van der Waals surface area contributed by atoms with Gasteiger partial charge in [0.25, 0.3) is 0 Å². The van der Waals surface area contributed by atoms with Crippen LogP contribution in [-0.2, 0) is 0 Å². The first kappa shape index (κ1) is 13.7. The Kier molecular flexibility index (Phi) is 4.15. The lowest BCUT2D eigenvalue weighted by Crippen LogP contribution is -2.31. The Labute approximate surface area is 115 Å². The summed E-state index contributed by atoms with van der Waals surface area (Å²) >= 11 is 6.37. The molecule has 0 aromatic heterocycles. The van der Waals surface area contributed by atoms with Crippen molar-refractivity contribution in [3.05, 3.63) is 28.8 Å². The van der Waals surface area contributed by atoms with Crippen molar-refractivity contribution in [3.63, 3.8) is 0 Å². The Morgan fingerprint density at radius 2 is 2.17 bits per heavy atom. The number of rotatable bonds is 3. The lowest BCUT2D eigenvalue weighted by Gasteiger charge is -2.23. The molecule has 0 amide bonds. The molecule has 0 spiro atoms. The second kappa shape index (κ2) is 5.47. The molecule has 0 aliphatic carbocycles. The molecular weight excluding hydrogens is 246 g/mol. The minimum absolute atomic E-state index is 0.0321. The van der Waals surface area contributed by atoms with Gasteiger partial charge in [-0.3, -0.25) is 0 Å². The standard InChI is InChI=1S/C14H22ClN3/c1-10(16)11-4-5-14(13(15)8-11)18-7-6-12(9-18)17(2)3/h4-5,8,10,12H,6-7,9,16H2,1-3H3. The van der Waals surface area contributed by atoms with Crippen molar-refractivity contribution >= 4 is 17.3 Å². The zero-order valence-corrected chi connectivity index (χ0v) is 12.1. The Morgan fingerprint density at radius 3 is 2.67 bits per heavy atom. The van der Waals surface area contributed by atoms with Crippen LogP contribution in [0.5, 0.6) is 0 Å². The monoisotopic (exact) mass is 267 g/mol. The number of hydrogen-bond acceptors (Lipinski definition) is 3. The quantitative estimate of drug-likeness (QED) is 0.913. The molecule has 1 aliphatic rings. The van der Waals surface area contributed by atoms with Crippen LogP contribution in [0, 0.1) is 0 Å². The highest BCUT2D eigenvalue weighted by Gasteiger charge is 2.25. The molecular formula is C14H22ClN3. The maximum absolute atomic E-state index is 6.37. The molecule has 0 saturated carbocycles. The highest BCUT2D eigenvalue weighted by atomic mass is 35.5. The second-order valence-electron chi connectivity index (χ2n) is 5.35. The minimum Gasteiger partial charge on any atom is -0.369 e. The lowest BCUT2D eigenvalue weighted by molar-refractivity contribution is 0.315. The molecule has 2 rings (SSSR count). The third-order valence-corrected chi connectivity index (χ3v) is 4.03. The van der Waals surface area contributed by atoms with Gasteiger partial charge in [-0.15, -0.1) is 0 Å². The van der Waals surface area contributed by atoms with Crippen LogP contribution in [0.25, 0.3) is 0 Å². The highest BCUT2D eigenvalue weighted by molar-refractivity contribution is 6.33. The average Bonchev–Trinajstić information content (AvgIpc) is 2.78. The van der Waals surface area contributed by atoms with E-state index in [4.69, 9.17) is 17.3 Å². The van der Waals surface area contributed by atoms with Crippen molar-refractivity contribution in [2.45, 2.75) is 25.4 Å². The van der Waals surface area contributed by atoms with Gasteiger partial charge in [-0.1, -0.05) is 17.7 Å². The molecule has 18 heavy (non-hydrogen) atoms. The summed E-state index contributed by atoms with van der Waals surface area (Å²) in [5.41, 5.74) is 8.09. The molecule has 1 saturated heterocycles. The second-order valence-corrected chi connectivity index (χ2v) is 5.76. The summed E-state index contributed by atoms with van der Waals surface area (Å²) in [6.45, 7) is 4.09. The third kappa shape index (κ3) is 2.79. The van der Waals surface area contributed by atoms with E-state index in [0.29, 0.717) is 6.04 Å². The first-order valence-electron chi connectivity index (χ1n) is 6.45. The van der Waals surface area contributed by atoms with Gasteiger partial charge in [0.2, 0.25) is 0 Å². The topological polar surface area (TPSA) is 32.5 Å². The fraction of sp³-hybridized carbons (Fsp3) is 0.571. The van der Waals surface area contributed by atoms with E-state index >= 15 is 0 Å². The van der Waals surface area contributed by atoms with E-state index in [2.05, 4.69) is 36.0 Å². The van der Waals surface area contributed by atoms with Crippen LogP contribution < -0.4 is 10.6 Å². The maximum Gasteiger partial charge on any atom is 0.0642 e. The van der Waals surface area contributed by atoms with Gasteiger partial charge in [-0.25, -0.2) is 0 Å². The molecule has 2 unspecified atom stereocenters. The van der Waals surface area contributed by atoms with Crippen LogP contribution in [0.2, 0.25) is 5.02 Å². The molecule has 0 bridgehead atoms. The third-order valence-electron chi connectivity index (χ3n) is 3.73. The molecule has 0 radical (unpaired) electrons. The fourth-order valence-electron chi connectivity index (χ4n) is 2.44. The summed E-state index contributed by atoms with van der Waals surface area (Å²) in [6.07, 6.45) is 1.19. The van der Waals surface area contributed by atoms with E-state index in [1.54, 1.807) is 0 Å². The van der Waals surface area contributed by atoms with Gasteiger partial charge in [-0.05, 0) is 45.1 Å². The van der Waals surface area contributed by atoms with Gasteiger partial charge in [-0.2, -0.15) is 0 Å². The molecule has 2 N–H and O–H groups in total. The summed E-state index contributed by atoms with van der Waals surface area (Å²) in [6, 6.07) is 6.82. The van der Waals surface area contributed by atoms with E-state index in [0.717, 1.165) is 29.4 Å². The van der Waals surface area contributed by atoms with Crippen LogP contribution in [0.15, 0.2) is 18.2 Å². The zero-order chi connectivity index (χ0) is 13.3. The number of nitrogens with zero attached hydrogens (tertiary/aromatic N) is 2. The largest absolute Gasteiger partial charge is 0.369 e. The van der Waals surface area contributed by atoms with Crippen LogP contribution in [0.4, 0.5) is 5.69 Å². The summed E-state index contributed by atoms with van der Waals surface area (Å²) in [5.74, 6) is 0. The van der Waals surface area contributed by atoms with Gasteiger partial charge in [0, 0.05) is 25.2 Å². The van der Waals surface area contributed by atoms with Gasteiger partial charge < -0.3 is 15.5 Å². The first-order chi connectivity index (χ1) is 8.49. The van der Waals surface area contributed by atoms with Crippen molar-refractivity contribution in [2.24, 2.45) is 5.73 Å². The van der Waals surface area contributed by atoms with Gasteiger partial charge in [0.05, 0.1) is 10.7 Å². The van der Waals surface area contributed by atoms with Crippen LogP contribution in [0.1, 0.15) is 24.9 Å². The number of likely N-dealkylation sites (N-methyl/N-ethyl adjacent to an activating group) is 1. The normalized spacial score (nSPS) is 21.7. The Balaban J connectivity index is 2.15. The van der Waals surface area contributed by atoms with Crippen LogP contribution in [-0.4, -0.2) is 38.1 Å². The Morgan fingerprint density at radius 1 is 1.44 bits per heavy atom. The summed E-state index contributed by atoms with van der Waals surface area (Å²) < 4.78 is 0. The predicted octanol–water partition coefficient (Wildman–Crippen LogP) is 2.50. The van der Waals surface area contributed by atoms with E-state index < -0.39 is 0 Å². The molecule has 1 aromatic rings. The smallest absolute Gasteiger partial charge is 0.0642 e. The zero-order valence-electron chi connectivity index (χ0n) is 11.4. The van der Waals surface area contributed by atoms with E-state index in [9.17, 15) is 0 Å². The minimum atomic E-state index is 0.0321. The SMILES string of the molecule is CC(N)c1ccc(N2CCC(N(C)C)C2)c(Cl)c1. The number of hydrogen-bond donors (Lipinski definition) is 1. The summed E-state index contributed by atoms with van der Waals surface area (Å²) in [5, 5.41) is 0.809. The lowest BCUT2D eigenvalue weighted by atomic mass is 10.1. The van der Waals surface area contributed by atoms with Crippen molar-refractivity contribution in [1.82, 2.24) is 4.90 Å². The van der Waals surface area contributed by atoms with Crippen LogP contribution >= 0.6 is 11.6 Å². The van der Waals surface area contributed by atoms with Crippen LogP contribution in [0.3, 0.4) is 0 Å².